The van der Waals surface area contributed by atoms with Crippen molar-refractivity contribution >= 4 is 21.9 Å². The summed E-state index contributed by atoms with van der Waals surface area (Å²) in [6, 6.07) is 15.9. The second kappa shape index (κ2) is 11.1. The van der Waals surface area contributed by atoms with Gasteiger partial charge in [-0.25, -0.2) is 0 Å². The molecule has 0 radical (unpaired) electrons. The van der Waals surface area contributed by atoms with Crippen molar-refractivity contribution in [2.75, 3.05) is 6.61 Å². The Bertz CT molecular complexity index is 2200. The van der Waals surface area contributed by atoms with Crippen molar-refractivity contribution in [1.82, 2.24) is 0 Å². The summed E-state index contributed by atoms with van der Waals surface area (Å²) in [5.41, 5.74) is -1.22. The van der Waals surface area contributed by atoms with Gasteiger partial charge in [0, 0.05) is 35.4 Å². The SMILES string of the molecule is CC(COc1cc(O)cc2oc(-c3ccc(O)cc3)c(O)c(=O)c12)Oc1cc(O)cc2oc(-c3ccc(O)cc3)c(O)c(=O)c12. The summed E-state index contributed by atoms with van der Waals surface area (Å²) in [4.78, 5) is 26.4. The topological polar surface area (TPSA) is 200 Å². The van der Waals surface area contributed by atoms with Gasteiger partial charge in [-0.15, -0.1) is 0 Å². The molecule has 12 heteroatoms. The maximum absolute atomic E-state index is 13.2. The molecule has 0 spiro atoms. The zero-order chi connectivity index (χ0) is 32.0. The molecule has 0 amide bonds. The molecule has 228 valence electrons. The Labute approximate surface area is 252 Å². The quantitative estimate of drug-likeness (QED) is 0.136. The Kier molecular flexibility index (Phi) is 7.09. The van der Waals surface area contributed by atoms with Gasteiger partial charge in [-0.3, -0.25) is 9.59 Å². The van der Waals surface area contributed by atoms with Crippen LogP contribution in [0.5, 0.6) is 46.0 Å². The summed E-state index contributed by atoms with van der Waals surface area (Å²) < 4.78 is 23.2. The molecule has 6 rings (SSSR count). The molecule has 45 heavy (non-hydrogen) atoms. The first-order chi connectivity index (χ1) is 21.5. The maximum Gasteiger partial charge on any atom is 0.238 e. The van der Waals surface area contributed by atoms with Crippen LogP contribution in [0.1, 0.15) is 6.92 Å². The van der Waals surface area contributed by atoms with Crippen molar-refractivity contribution < 1.29 is 48.9 Å². The number of phenols is 4. The molecular formula is C33H24O12. The van der Waals surface area contributed by atoms with Crippen LogP contribution in [0, 0.1) is 0 Å². The van der Waals surface area contributed by atoms with E-state index in [1.165, 1.54) is 60.7 Å². The number of hydrogen-bond acceptors (Lipinski definition) is 12. The van der Waals surface area contributed by atoms with Gasteiger partial charge >= 0.3 is 0 Å². The number of rotatable bonds is 7. The van der Waals surface area contributed by atoms with E-state index in [9.17, 15) is 40.2 Å². The van der Waals surface area contributed by atoms with Crippen molar-refractivity contribution in [2.45, 2.75) is 13.0 Å². The van der Waals surface area contributed by atoms with Crippen LogP contribution in [0.2, 0.25) is 0 Å². The van der Waals surface area contributed by atoms with Crippen LogP contribution in [-0.2, 0) is 0 Å². The molecular weight excluding hydrogens is 588 g/mol. The fourth-order valence-electron chi connectivity index (χ4n) is 4.80. The maximum atomic E-state index is 13.2. The summed E-state index contributed by atoms with van der Waals surface area (Å²) in [6.45, 7) is 1.31. The van der Waals surface area contributed by atoms with E-state index in [2.05, 4.69) is 0 Å². The second-order valence-electron chi connectivity index (χ2n) is 10.2. The van der Waals surface area contributed by atoms with Gasteiger partial charge in [-0.2, -0.15) is 0 Å². The molecule has 6 aromatic rings. The van der Waals surface area contributed by atoms with Gasteiger partial charge in [0.25, 0.3) is 0 Å². The van der Waals surface area contributed by atoms with E-state index < -0.39 is 28.5 Å². The fraction of sp³-hybridized carbons (Fsp3) is 0.0909. The number of phenolic OH excluding ortho intramolecular Hbond substituents is 4. The lowest BCUT2D eigenvalue weighted by atomic mass is 10.1. The Morgan fingerprint density at radius 1 is 0.600 bits per heavy atom. The number of benzene rings is 4. The summed E-state index contributed by atoms with van der Waals surface area (Å²) in [5, 5.41) is 60.8. The molecule has 1 atom stereocenters. The average molecular weight is 613 g/mol. The van der Waals surface area contributed by atoms with E-state index >= 15 is 0 Å². The number of fused-ring (bicyclic) bond motifs is 2. The molecule has 6 N–H and O–H groups in total. The highest BCUT2D eigenvalue weighted by Gasteiger charge is 2.23. The largest absolute Gasteiger partial charge is 0.508 e. The lowest BCUT2D eigenvalue weighted by molar-refractivity contribution is 0.145. The standard InChI is InChI=1S/C33H24O12/c1-15(43-23-11-21(37)13-25-27(23)29(39)31(41)33(45-25)17-4-8-19(35)9-5-17)14-42-22-10-20(36)12-24-26(22)28(38)30(40)32(44-24)16-2-6-18(34)7-3-16/h2-13,15,34-37,40-41H,14H2,1H3. The van der Waals surface area contributed by atoms with Crippen LogP contribution < -0.4 is 20.3 Å². The van der Waals surface area contributed by atoms with Crippen LogP contribution >= 0.6 is 0 Å². The van der Waals surface area contributed by atoms with Crippen LogP contribution in [0.3, 0.4) is 0 Å². The third kappa shape index (κ3) is 5.36. The normalized spacial score (nSPS) is 11.9. The summed E-state index contributed by atoms with van der Waals surface area (Å²) >= 11 is 0. The molecule has 0 saturated carbocycles. The highest BCUT2D eigenvalue weighted by Crippen LogP contribution is 2.38. The summed E-state index contributed by atoms with van der Waals surface area (Å²) in [7, 11) is 0. The lowest BCUT2D eigenvalue weighted by Gasteiger charge is -2.18. The van der Waals surface area contributed by atoms with Crippen molar-refractivity contribution in [3.8, 4) is 68.6 Å². The zero-order valence-electron chi connectivity index (χ0n) is 23.3. The Hall–Kier alpha value is -6.30. The minimum atomic E-state index is -0.845. The van der Waals surface area contributed by atoms with Gasteiger partial charge in [0.05, 0.1) is 0 Å². The average Bonchev–Trinajstić information content (AvgIpc) is 3.00. The van der Waals surface area contributed by atoms with E-state index in [-0.39, 0.29) is 74.6 Å². The van der Waals surface area contributed by atoms with E-state index in [4.69, 9.17) is 18.3 Å². The number of aromatic hydroxyl groups is 6. The monoisotopic (exact) mass is 612 g/mol. The second-order valence-corrected chi connectivity index (χ2v) is 10.2. The predicted octanol–water partition coefficient (Wildman–Crippen LogP) is 5.31. The molecule has 1 unspecified atom stereocenters. The first-order valence-electron chi connectivity index (χ1n) is 13.4. The summed E-state index contributed by atoms with van der Waals surface area (Å²) in [6.07, 6.45) is -0.845. The van der Waals surface area contributed by atoms with Gasteiger partial charge in [-0.05, 0) is 55.5 Å². The van der Waals surface area contributed by atoms with Gasteiger partial charge in [0.2, 0.25) is 22.4 Å². The number of ether oxygens (including phenoxy) is 2. The highest BCUT2D eigenvalue weighted by atomic mass is 16.5. The summed E-state index contributed by atoms with van der Waals surface area (Å²) in [5.74, 6) is -2.67. The first-order valence-corrected chi connectivity index (χ1v) is 13.4. The Morgan fingerprint density at radius 3 is 1.49 bits per heavy atom. The minimum Gasteiger partial charge on any atom is -0.508 e. The third-order valence-corrected chi connectivity index (χ3v) is 6.90. The van der Waals surface area contributed by atoms with Crippen LogP contribution in [-0.4, -0.2) is 43.4 Å². The van der Waals surface area contributed by atoms with Gasteiger partial charge in [0.15, 0.2) is 11.5 Å². The smallest absolute Gasteiger partial charge is 0.238 e. The van der Waals surface area contributed by atoms with Crippen molar-refractivity contribution in [3.05, 3.63) is 93.2 Å². The van der Waals surface area contributed by atoms with Crippen LogP contribution in [0.25, 0.3) is 44.6 Å². The molecule has 12 nitrogen and oxygen atoms in total. The Morgan fingerprint density at radius 2 is 1.02 bits per heavy atom. The van der Waals surface area contributed by atoms with E-state index in [1.54, 1.807) is 6.92 Å². The molecule has 0 aliphatic carbocycles. The predicted molar refractivity (Wildman–Crippen MR) is 161 cm³/mol. The van der Waals surface area contributed by atoms with Crippen molar-refractivity contribution in [1.29, 1.82) is 0 Å². The molecule has 0 saturated heterocycles. The highest BCUT2D eigenvalue weighted by molar-refractivity contribution is 5.89. The van der Waals surface area contributed by atoms with Gasteiger partial charge in [0.1, 0.15) is 69.1 Å². The van der Waals surface area contributed by atoms with Gasteiger partial charge in [-0.1, -0.05) is 0 Å². The molecule has 2 aromatic heterocycles. The fourth-order valence-corrected chi connectivity index (χ4v) is 4.80. The first kappa shape index (κ1) is 28.8. The van der Waals surface area contributed by atoms with Gasteiger partial charge < -0.3 is 48.9 Å². The third-order valence-electron chi connectivity index (χ3n) is 6.90. The van der Waals surface area contributed by atoms with Crippen LogP contribution in [0.4, 0.5) is 0 Å². The van der Waals surface area contributed by atoms with E-state index in [0.717, 1.165) is 12.1 Å². The van der Waals surface area contributed by atoms with E-state index in [0.29, 0.717) is 11.1 Å². The molecule has 2 heterocycles. The molecule has 4 aromatic carbocycles. The number of hydrogen-bond donors (Lipinski definition) is 6. The zero-order valence-corrected chi connectivity index (χ0v) is 23.3. The van der Waals surface area contributed by atoms with Crippen molar-refractivity contribution in [2.24, 2.45) is 0 Å². The molecule has 0 aliphatic heterocycles. The molecule has 0 bridgehead atoms. The van der Waals surface area contributed by atoms with Crippen LogP contribution in [0.15, 0.2) is 91.2 Å². The minimum absolute atomic E-state index is 0.0266. The van der Waals surface area contributed by atoms with Crippen molar-refractivity contribution in [3.63, 3.8) is 0 Å². The molecule has 0 fully saturated rings. The van der Waals surface area contributed by atoms with E-state index in [1.807, 2.05) is 0 Å². The Balaban J connectivity index is 1.31. The molecule has 0 aliphatic rings. The lowest BCUT2D eigenvalue weighted by Crippen LogP contribution is -2.22.